The van der Waals surface area contributed by atoms with E-state index in [0.717, 1.165) is 5.56 Å². The Morgan fingerprint density at radius 2 is 1.62 bits per heavy atom. The predicted octanol–water partition coefficient (Wildman–Crippen LogP) is 1.92. The quantitative estimate of drug-likeness (QED) is 0.202. The zero-order chi connectivity index (χ0) is 27.4. The van der Waals surface area contributed by atoms with Crippen LogP contribution in [0.2, 0.25) is 0 Å². The summed E-state index contributed by atoms with van der Waals surface area (Å²) in [5.74, 6) is -8.01. The summed E-state index contributed by atoms with van der Waals surface area (Å²) < 4.78 is 11.0. The highest BCUT2D eigenvalue weighted by Crippen LogP contribution is 2.33. The Hall–Kier alpha value is -5.07. The molecule has 0 saturated heterocycles. The number of fused-ring (bicyclic) bond motifs is 1. The van der Waals surface area contributed by atoms with Gasteiger partial charge in [-0.3, -0.25) is 9.59 Å². The number of nitrogens with one attached hydrogen (secondary N) is 1. The van der Waals surface area contributed by atoms with Gasteiger partial charge >= 0.3 is 23.9 Å². The second kappa shape index (κ2) is 10.7. The fraction of sp³-hybridized carbons (Fsp3) is 0.208. The van der Waals surface area contributed by atoms with Crippen molar-refractivity contribution in [3.63, 3.8) is 0 Å². The van der Waals surface area contributed by atoms with Crippen LogP contribution in [0, 0.1) is 6.92 Å². The van der Waals surface area contributed by atoms with E-state index in [9.17, 15) is 39.6 Å². The first kappa shape index (κ1) is 26.5. The molecular formula is C24H23N3O10. The van der Waals surface area contributed by atoms with E-state index in [-0.39, 0.29) is 46.3 Å². The zero-order valence-corrected chi connectivity index (χ0v) is 19.6. The molecule has 13 nitrogen and oxygen atoms in total. The van der Waals surface area contributed by atoms with Gasteiger partial charge in [-0.25, -0.2) is 14.6 Å². The van der Waals surface area contributed by atoms with Gasteiger partial charge in [0.15, 0.2) is 5.92 Å². The van der Waals surface area contributed by atoms with Crippen LogP contribution in [0.25, 0.3) is 10.9 Å². The summed E-state index contributed by atoms with van der Waals surface area (Å²) in [5, 5.41) is 40.1. The SMILES string of the molecule is COc1cc(C(C(=O)O)C(=O)O)c2nc(COc3cc(C)ccc3NC(C(=O)O)C(=O)O)c(N)cc2c1. The number of nitrogen functional groups attached to an aromatic ring is 1. The van der Waals surface area contributed by atoms with Crippen molar-refractivity contribution in [1.82, 2.24) is 4.98 Å². The van der Waals surface area contributed by atoms with Gasteiger partial charge in [-0.05, 0) is 42.8 Å². The van der Waals surface area contributed by atoms with Crippen LogP contribution in [0.15, 0.2) is 36.4 Å². The van der Waals surface area contributed by atoms with E-state index >= 15 is 0 Å². The summed E-state index contributed by atoms with van der Waals surface area (Å²) in [6.45, 7) is 1.45. The standard InChI is InChI=1S/C24H23N3O10/c1-10-3-4-15(26-20(23(32)33)24(34)35)17(5-10)37-9-16-14(25)7-11-6-12(36-2)8-13(19(11)27-16)18(21(28)29)22(30)31/h3-8,18,20,26H,9,25H2,1-2H3,(H,28,29)(H,30,31)(H,32,33)(H,34,35). The molecule has 0 aliphatic carbocycles. The smallest absolute Gasteiger partial charge is 0.337 e. The third-order valence-corrected chi connectivity index (χ3v) is 5.37. The molecule has 2 aromatic carbocycles. The maximum absolute atomic E-state index is 11.7. The highest BCUT2D eigenvalue weighted by Gasteiger charge is 2.31. The third kappa shape index (κ3) is 5.78. The van der Waals surface area contributed by atoms with Crippen molar-refractivity contribution in [2.75, 3.05) is 18.2 Å². The lowest BCUT2D eigenvalue weighted by Gasteiger charge is -2.18. The lowest BCUT2D eigenvalue weighted by Crippen LogP contribution is -2.37. The number of hydrogen-bond acceptors (Lipinski definition) is 9. The molecule has 0 unspecified atom stereocenters. The van der Waals surface area contributed by atoms with E-state index in [0.29, 0.717) is 5.39 Å². The van der Waals surface area contributed by atoms with Crippen molar-refractivity contribution in [2.24, 2.45) is 0 Å². The summed E-state index contributed by atoms with van der Waals surface area (Å²) >= 11 is 0. The van der Waals surface area contributed by atoms with Gasteiger partial charge in [0, 0.05) is 10.9 Å². The summed E-state index contributed by atoms with van der Waals surface area (Å²) in [5.41, 5.74) is 7.15. The zero-order valence-electron chi connectivity index (χ0n) is 19.6. The number of carboxylic acids is 4. The number of methoxy groups -OCH3 is 1. The van der Waals surface area contributed by atoms with Gasteiger partial charge in [-0.15, -0.1) is 0 Å². The molecule has 1 aromatic heterocycles. The largest absolute Gasteiger partial charge is 0.497 e. The van der Waals surface area contributed by atoms with Crippen LogP contribution in [0.3, 0.4) is 0 Å². The van der Waals surface area contributed by atoms with Crippen LogP contribution < -0.4 is 20.5 Å². The number of hydrogen-bond donors (Lipinski definition) is 6. The normalized spacial score (nSPS) is 10.9. The van der Waals surface area contributed by atoms with Crippen LogP contribution in [0.5, 0.6) is 11.5 Å². The maximum atomic E-state index is 11.7. The van der Waals surface area contributed by atoms with Crippen LogP contribution in [-0.4, -0.2) is 62.4 Å². The highest BCUT2D eigenvalue weighted by atomic mass is 16.5. The Labute approximate surface area is 209 Å². The van der Waals surface area contributed by atoms with E-state index in [1.165, 1.54) is 31.4 Å². The molecule has 3 rings (SSSR count). The van der Waals surface area contributed by atoms with Gasteiger partial charge in [-0.1, -0.05) is 6.07 Å². The third-order valence-electron chi connectivity index (χ3n) is 5.37. The molecule has 0 radical (unpaired) electrons. The minimum Gasteiger partial charge on any atom is -0.497 e. The van der Waals surface area contributed by atoms with Gasteiger partial charge in [0.1, 0.15) is 23.8 Å². The molecular weight excluding hydrogens is 490 g/mol. The van der Waals surface area contributed by atoms with E-state index in [1.54, 1.807) is 19.1 Å². The topological polar surface area (TPSA) is 219 Å². The van der Waals surface area contributed by atoms with E-state index in [4.69, 9.17) is 15.2 Å². The van der Waals surface area contributed by atoms with Crippen LogP contribution >= 0.6 is 0 Å². The number of carboxylic acid groups (broad SMARTS) is 4. The minimum absolute atomic E-state index is 0.0582. The van der Waals surface area contributed by atoms with Crippen molar-refractivity contribution in [2.45, 2.75) is 25.5 Å². The first-order valence-electron chi connectivity index (χ1n) is 10.6. The monoisotopic (exact) mass is 513 g/mol. The number of nitrogens with zero attached hydrogens (tertiary/aromatic N) is 1. The van der Waals surface area contributed by atoms with Crippen LogP contribution in [0.4, 0.5) is 11.4 Å². The number of nitrogens with two attached hydrogens (primary N) is 1. The molecule has 7 N–H and O–H groups in total. The van der Waals surface area contributed by atoms with Crippen molar-refractivity contribution < 1.29 is 49.1 Å². The molecule has 0 spiro atoms. The molecule has 3 aromatic rings. The minimum atomic E-state index is -1.93. The predicted molar refractivity (Wildman–Crippen MR) is 129 cm³/mol. The molecule has 194 valence electrons. The van der Waals surface area contributed by atoms with Crippen molar-refractivity contribution in [3.05, 3.63) is 53.2 Å². The number of pyridine rings is 1. The molecule has 0 amide bonds. The molecule has 0 fully saturated rings. The maximum Gasteiger partial charge on any atom is 0.337 e. The Morgan fingerprint density at radius 3 is 2.19 bits per heavy atom. The van der Waals surface area contributed by atoms with E-state index < -0.39 is 35.8 Å². The van der Waals surface area contributed by atoms with Crippen molar-refractivity contribution in [3.8, 4) is 11.5 Å². The summed E-state index contributed by atoms with van der Waals surface area (Å²) in [6, 6.07) is 6.94. The van der Waals surface area contributed by atoms with Gasteiger partial charge < -0.3 is 41.0 Å². The number of anilines is 2. The Balaban J connectivity index is 2.04. The summed E-state index contributed by atoms with van der Waals surface area (Å²) in [6.07, 6.45) is 0. The number of ether oxygens (including phenoxy) is 2. The first-order chi connectivity index (χ1) is 17.4. The van der Waals surface area contributed by atoms with Crippen molar-refractivity contribution >= 4 is 46.2 Å². The summed E-state index contributed by atoms with van der Waals surface area (Å²) in [4.78, 5) is 50.4. The number of carbonyl (C=O) groups is 4. The molecule has 0 atom stereocenters. The number of aromatic nitrogens is 1. The molecule has 0 bridgehead atoms. The van der Waals surface area contributed by atoms with Crippen LogP contribution in [-0.2, 0) is 25.8 Å². The molecule has 37 heavy (non-hydrogen) atoms. The first-order valence-corrected chi connectivity index (χ1v) is 10.6. The van der Waals surface area contributed by atoms with Crippen LogP contribution in [0.1, 0.15) is 22.7 Å². The average molecular weight is 513 g/mol. The molecule has 13 heteroatoms. The van der Waals surface area contributed by atoms with Gasteiger partial charge in [-0.2, -0.15) is 0 Å². The Morgan fingerprint density at radius 1 is 0.973 bits per heavy atom. The lowest BCUT2D eigenvalue weighted by molar-refractivity contribution is -0.151. The van der Waals surface area contributed by atoms with Gasteiger partial charge in [0.25, 0.3) is 0 Å². The fourth-order valence-corrected chi connectivity index (χ4v) is 3.57. The number of aryl methyl sites for hydroxylation is 1. The molecule has 0 aliphatic heterocycles. The highest BCUT2D eigenvalue weighted by molar-refractivity contribution is 6.03. The fourth-order valence-electron chi connectivity index (χ4n) is 3.57. The van der Waals surface area contributed by atoms with Gasteiger partial charge in [0.05, 0.1) is 24.0 Å². The lowest BCUT2D eigenvalue weighted by atomic mass is 9.95. The number of benzene rings is 2. The van der Waals surface area contributed by atoms with Gasteiger partial charge in [0.2, 0.25) is 6.04 Å². The second-order valence-corrected chi connectivity index (χ2v) is 7.96. The Bertz CT molecular complexity index is 1380. The molecule has 0 aliphatic rings. The number of rotatable bonds is 11. The van der Waals surface area contributed by atoms with Crippen molar-refractivity contribution in [1.29, 1.82) is 0 Å². The van der Waals surface area contributed by atoms with E-state index in [2.05, 4.69) is 10.3 Å². The average Bonchev–Trinajstić information content (AvgIpc) is 2.81. The summed E-state index contributed by atoms with van der Waals surface area (Å²) in [7, 11) is 1.34. The molecule has 0 saturated carbocycles. The number of aliphatic carboxylic acids is 4. The van der Waals surface area contributed by atoms with E-state index in [1.807, 2.05) is 0 Å². The Kier molecular flexibility index (Phi) is 7.66. The molecule has 1 heterocycles. The second-order valence-electron chi connectivity index (χ2n) is 7.96.